The molecule has 0 atom stereocenters. The highest BCUT2D eigenvalue weighted by Crippen LogP contribution is 2.24. The highest BCUT2D eigenvalue weighted by atomic mass is 35.5. The molecule has 0 aromatic carbocycles. The molecule has 0 unspecified atom stereocenters. The van der Waals surface area contributed by atoms with Gasteiger partial charge >= 0.3 is 5.97 Å². The van der Waals surface area contributed by atoms with Gasteiger partial charge in [0.15, 0.2) is 11.6 Å². The minimum atomic E-state index is -1.20. The number of carboxylic acids is 1. The Bertz CT molecular complexity index is 521. The summed E-state index contributed by atoms with van der Waals surface area (Å²) in [6, 6.07) is 2.86. The maximum atomic E-state index is 10.8. The second-order valence-corrected chi connectivity index (χ2v) is 3.10. The zero-order valence-electron chi connectivity index (χ0n) is 6.78. The molecule has 6 heteroatoms. The molecule has 0 saturated carbocycles. The summed E-state index contributed by atoms with van der Waals surface area (Å²) in [5, 5.41) is 18.5. The molecular formula is C8H5ClN2O3. The first-order chi connectivity index (χ1) is 6.58. The van der Waals surface area contributed by atoms with E-state index in [1.54, 1.807) is 0 Å². The summed E-state index contributed by atoms with van der Waals surface area (Å²) in [7, 11) is 0. The molecule has 3 N–H and O–H groups in total. The van der Waals surface area contributed by atoms with Gasteiger partial charge in [-0.2, -0.15) is 0 Å². The van der Waals surface area contributed by atoms with Crippen molar-refractivity contribution in [3.8, 4) is 5.88 Å². The Balaban J connectivity index is 2.85. The molecule has 2 aromatic rings. The van der Waals surface area contributed by atoms with Crippen molar-refractivity contribution in [2.24, 2.45) is 0 Å². The molecule has 0 aliphatic heterocycles. The van der Waals surface area contributed by atoms with Crippen LogP contribution in [0.4, 0.5) is 0 Å². The van der Waals surface area contributed by atoms with Crippen molar-refractivity contribution >= 4 is 28.5 Å². The van der Waals surface area contributed by atoms with E-state index in [4.69, 9.17) is 21.8 Å². The van der Waals surface area contributed by atoms with Crippen LogP contribution in [-0.2, 0) is 0 Å². The van der Waals surface area contributed by atoms with Crippen molar-refractivity contribution in [3.63, 3.8) is 0 Å². The molecule has 0 saturated heterocycles. The number of pyridine rings is 1. The maximum Gasteiger partial charge on any atom is 0.356 e. The Morgan fingerprint density at radius 3 is 2.86 bits per heavy atom. The summed E-state index contributed by atoms with van der Waals surface area (Å²) in [6.45, 7) is 0. The highest BCUT2D eigenvalue weighted by molar-refractivity contribution is 6.30. The number of aromatic hydroxyl groups is 1. The van der Waals surface area contributed by atoms with Gasteiger partial charge in [0.1, 0.15) is 5.15 Å². The molecule has 2 rings (SSSR count). The fourth-order valence-electron chi connectivity index (χ4n) is 1.24. The molecule has 0 bridgehead atoms. The molecule has 2 heterocycles. The minimum absolute atomic E-state index is 0.0777. The number of rotatable bonds is 1. The number of nitrogens with one attached hydrogen (secondary N) is 1. The van der Waals surface area contributed by atoms with Gasteiger partial charge in [0, 0.05) is 11.5 Å². The van der Waals surface area contributed by atoms with Gasteiger partial charge in [0.25, 0.3) is 0 Å². The largest absolute Gasteiger partial charge is 0.495 e. The third-order valence-corrected chi connectivity index (χ3v) is 1.96. The van der Waals surface area contributed by atoms with Crippen molar-refractivity contribution in [3.05, 3.63) is 23.0 Å². The van der Waals surface area contributed by atoms with E-state index in [2.05, 4.69) is 9.97 Å². The van der Waals surface area contributed by atoms with E-state index in [0.717, 1.165) is 0 Å². The molecule has 0 amide bonds. The number of H-pyrrole nitrogens is 1. The lowest BCUT2D eigenvalue weighted by Gasteiger charge is -1.96. The van der Waals surface area contributed by atoms with Gasteiger partial charge in [-0.3, -0.25) is 0 Å². The lowest BCUT2D eigenvalue weighted by Crippen LogP contribution is -2.01. The first kappa shape index (κ1) is 8.83. The standard InChI is InChI=1S/C8H5ClN2O3/c9-4-1-3-2-5(12)11-6(3)7(10-4)8(13)14/h1-2,11-12H,(H,13,14). The molecule has 0 radical (unpaired) electrons. The van der Waals surface area contributed by atoms with Crippen LogP contribution < -0.4 is 0 Å². The second-order valence-electron chi connectivity index (χ2n) is 2.72. The summed E-state index contributed by atoms with van der Waals surface area (Å²) in [4.78, 5) is 16.9. The molecular weight excluding hydrogens is 208 g/mol. The number of carboxylic acid groups (broad SMARTS) is 1. The van der Waals surface area contributed by atoms with E-state index in [1.165, 1.54) is 12.1 Å². The number of fused-ring (bicyclic) bond motifs is 1. The highest BCUT2D eigenvalue weighted by Gasteiger charge is 2.14. The van der Waals surface area contributed by atoms with Crippen LogP contribution in [0.5, 0.6) is 5.88 Å². The molecule has 14 heavy (non-hydrogen) atoms. The van der Waals surface area contributed by atoms with Crippen LogP contribution in [0.2, 0.25) is 5.15 Å². The Morgan fingerprint density at radius 2 is 2.21 bits per heavy atom. The number of hydrogen-bond acceptors (Lipinski definition) is 3. The summed E-state index contributed by atoms with van der Waals surface area (Å²) >= 11 is 5.61. The SMILES string of the molecule is O=C(O)c1nc(Cl)cc2cc(O)[nH]c12. The van der Waals surface area contributed by atoms with Crippen molar-refractivity contribution < 1.29 is 15.0 Å². The van der Waals surface area contributed by atoms with Gasteiger partial charge < -0.3 is 15.2 Å². The zero-order valence-corrected chi connectivity index (χ0v) is 7.54. The first-order valence-corrected chi connectivity index (χ1v) is 4.07. The summed E-state index contributed by atoms with van der Waals surface area (Å²) in [5.74, 6) is -1.31. The predicted molar refractivity (Wildman–Crippen MR) is 49.7 cm³/mol. The quantitative estimate of drug-likeness (QED) is 0.627. The molecule has 5 nitrogen and oxygen atoms in total. The van der Waals surface area contributed by atoms with Crippen LogP contribution >= 0.6 is 11.6 Å². The average Bonchev–Trinajstić information content (AvgIpc) is 2.42. The Hall–Kier alpha value is -1.75. The fraction of sp³-hybridized carbons (Fsp3) is 0. The van der Waals surface area contributed by atoms with E-state index in [0.29, 0.717) is 5.39 Å². The van der Waals surface area contributed by atoms with E-state index < -0.39 is 5.97 Å². The van der Waals surface area contributed by atoms with Crippen LogP contribution in [0, 0.1) is 0 Å². The van der Waals surface area contributed by atoms with Crippen molar-refractivity contribution in [1.82, 2.24) is 9.97 Å². The normalized spacial score (nSPS) is 10.6. The smallest absolute Gasteiger partial charge is 0.356 e. The van der Waals surface area contributed by atoms with Gasteiger partial charge in [-0.05, 0) is 6.07 Å². The Labute approximate surface area is 83.0 Å². The predicted octanol–water partition coefficient (Wildman–Crippen LogP) is 1.62. The van der Waals surface area contributed by atoms with Crippen molar-refractivity contribution in [1.29, 1.82) is 0 Å². The van der Waals surface area contributed by atoms with Gasteiger partial charge in [0.2, 0.25) is 0 Å². The first-order valence-electron chi connectivity index (χ1n) is 3.69. The van der Waals surface area contributed by atoms with E-state index in [1.807, 2.05) is 0 Å². The van der Waals surface area contributed by atoms with Crippen LogP contribution in [0.3, 0.4) is 0 Å². The number of aromatic carboxylic acids is 1. The molecule has 0 aliphatic rings. The summed E-state index contributed by atoms with van der Waals surface area (Å²) in [6.07, 6.45) is 0. The third kappa shape index (κ3) is 1.27. The molecule has 2 aromatic heterocycles. The Kier molecular flexibility index (Phi) is 1.82. The lowest BCUT2D eigenvalue weighted by molar-refractivity contribution is 0.0692. The van der Waals surface area contributed by atoms with Crippen LogP contribution in [0.25, 0.3) is 10.9 Å². The van der Waals surface area contributed by atoms with Crippen molar-refractivity contribution in [2.75, 3.05) is 0 Å². The Morgan fingerprint density at radius 1 is 1.50 bits per heavy atom. The number of hydrogen-bond donors (Lipinski definition) is 3. The number of nitrogens with zero attached hydrogens (tertiary/aromatic N) is 1. The molecule has 0 spiro atoms. The third-order valence-electron chi connectivity index (χ3n) is 1.77. The van der Waals surface area contributed by atoms with Crippen molar-refractivity contribution in [2.45, 2.75) is 0 Å². The number of carbonyl (C=O) groups is 1. The van der Waals surface area contributed by atoms with E-state index >= 15 is 0 Å². The lowest BCUT2D eigenvalue weighted by atomic mass is 10.2. The summed E-state index contributed by atoms with van der Waals surface area (Å²) < 4.78 is 0. The van der Waals surface area contributed by atoms with E-state index in [-0.39, 0.29) is 22.2 Å². The van der Waals surface area contributed by atoms with Gasteiger partial charge in [-0.15, -0.1) is 0 Å². The zero-order chi connectivity index (χ0) is 10.3. The number of aromatic amines is 1. The maximum absolute atomic E-state index is 10.8. The van der Waals surface area contributed by atoms with E-state index in [9.17, 15) is 4.79 Å². The molecule has 0 aliphatic carbocycles. The number of aromatic nitrogens is 2. The molecule has 72 valence electrons. The van der Waals surface area contributed by atoms with Gasteiger partial charge in [-0.1, -0.05) is 11.6 Å². The van der Waals surface area contributed by atoms with Crippen LogP contribution in [-0.4, -0.2) is 26.2 Å². The fourth-order valence-corrected chi connectivity index (χ4v) is 1.45. The summed E-state index contributed by atoms with van der Waals surface area (Å²) in [5.41, 5.74) is 0.0622. The average molecular weight is 213 g/mol. The van der Waals surface area contributed by atoms with Gasteiger partial charge in [0.05, 0.1) is 5.52 Å². The monoisotopic (exact) mass is 212 g/mol. The van der Waals surface area contributed by atoms with Crippen LogP contribution in [0.1, 0.15) is 10.5 Å². The number of halogens is 1. The van der Waals surface area contributed by atoms with Gasteiger partial charge in [-0.25, -0.2) is 9.78 Å². The topological polar surface area (TPSA) is 86.2 Å². The molecule has 0 fully saturated rings. The minimum Gasteiger partial charge on any atom is -0.495 e. The van der Waals surface area contributed by atoms with Crippen LogP contribution in [0.15, 0.2) is 12.1 Å². The second kappa shape index (κ2) is 2.88.